The SMILES string of the molecule is O=C(CCCC(=O)OCC(=O)Nc1ccc(Cl)cc1Cl)Nc1ccc(Oc2cccc3ccccc23)cc1. The minimum atomic E-state index is -0.579. The molecule has 0 radical (unpaired) electrons. The zero-order valence-electron chi connectivity index (χ0n) is 20.2. The van der Waals surface area contributed by atoms with Crippen LogP contribution in [0.5, 0.6) is 11.5 Å². The van der Waals surface area contributed by atoms with Gasteiger partial charge >= 0.3 is 5.97 Å². The van der Waals surface area contributed by atoms with Gasteiger partial charge in [0.1, 0.15) is 11.5 Å². The van der Waals surface area contributed by atoms with Crippen LogP contribution < -0.4 is 15.4 Å². The number of carbonyl (C=O) groups is 3. The van der Waals surface area contributed by atoms with Crippen molar-refractivity contribution in [3.63, 3.8) is 0 Å². The van der Waals surface area contributed by atoms with Gasteiger partial charge in [0, 0.05) is 28.9 Å². The maximum absolute atomic E-state index is 12.3. The number of anilines is 2. The number of ether oxygens (including phenoxy) is 2. The predicted octanol–water partition coefficient (Wildman–Crippen LogP) is 7.23. The largest absolute Gasteiger partial charge is 0.457 e. The zero-order chi connectivity index (χ0) is 26.9. The molecule has 0 aliphatic carbocycles. The predicted molar refractivity (Wildman–Crippen MR) is 149 cm³/mol. The number of benzene rings is 4. The number of fused-ring (bicyclic) bond motifs is 1. The third kappa shape index (κ3) is 7.71. The molecule has 0 aromatic heterocycles. The van der Waals surface area contributed by atoms with Crippen LogP contribution in [-0.2, 0) is 19.1 Å². The zero-order valence-corrected chi connectivity index (χ0v) is 21.7. The van der Waals surface area contributed by atoms with Gasteiger partial charge in [0.05, 0.1) is 10.7 Å². The van der Waals surface area contributed by atoms with E-state index in [4.69, 9.17) is 32.7 Å². The summed E-state index contributed by atoms with van der Waals surface area (Å²) in [5.41, 5.74) is 0.974. The fraction of sp³-hybridized carbons (Fsp3) is 0.138. The number of nitrogens with one attached hydrogen (secondary N) is 2. The van der Waals surface area contributed by atoms with Crippen molar-refractivity contribution in [2.24, 2.45) is 0 Å². The lowest BCUT2D eigenvalue weighted by Gasteiger charge is -2.10. The molecule has 7 nitrogen and oxygen atoms in total. The summed E-state index contributed by atoms with van der Waals surface area (Å²) in [5.74, 6) is 0.0384. The molecule has 0 atom stereocenters. The minimum Gasteiger partial charge on any atom is -0.457 e. The first kappa shape index (κ1) is 27.0. The topological polar surface area (TPSA) is 93.7 Å². The Morgan fingerprint density at radius 1 is 0.763 bits per heavy atom. The molecule has 0 saturated heterocycles. The number of hydrogen-bond acceptors (Lipinski definition) is 5. The fourth-order valence-corrected chi connectivity index (χ4v) is 4.09. The van der Waals surface area contributed by atoms with E-state index in [1.807, 2.05) is 42.5 Å². The molecule has 2 N–H and O–H groups in total. The highest BCUT2D eigenvalue weighted by Gasteiger charge is 2.11. The molecule has 4 aromatic carbocycles. The van der Waals surface area contributed by atoms with Crippen molar-refractivity contribution < 1.29 is 23.9 Å². The van der Waals surface area contributed by atoms with Crippen LogP contribution in [0, 0.1) is 0 Å². The summed E-state index contributed by atoms with van der Waals surface area (Å²) >= 11 is 11.8. The van der Waals surface area contributed by atoms with Gasteiger partial charge in [-0.25, -0.2) is 0 Å². The first-order valence-electron chi connectivity index (χ1n) is 11.8. The molecule has 38 heavy (non-hydrogen) atoms. The molecule has 2 amide bonds. The fourth-order valence-electron chi connectivity index (χ4n) is 3.63. The highest BCUT2D eigenvalue weighted by Crippen LogP contribution is 2.30. The van der Waals surface area contributed by atoms with Gasteiger partial charge in [-0.3, -0.25) is 14.4 Å². The van der Waals surface area contributed by atoms with Gasteiger partial charge in [0.2, 0.25) is 5.91 Å². The molecule has 0 spiro atoms. The first-order valence-corrected chi connectivity index (χ1v) is 12.6. The summed E-state index contributed by atoms with van der Waals surface area (Å²) in [6, 6.07) is 25.5. The van der Waals surface area contributed by atoms with Crippen LogP contribution in [0.3, 0.4) is 0 Å². The van der Waals surface area contributed by atoms with Gasteiger partial charge in [-0.1, -0.05) is 59.6 Å². The highest BCUT2D eigenvalue weighted by atomic mass is 35.5. The van der Waals surface area contributed by atoms with E-state index in [0.717, 1.165) is 16.5 Å². The molecule has 4 aromatic rings. The van der Waals surface area contributed by atoms with Crippen molar-refractivity contribution in [1.82, 2.24) is 0 Å². The average Bonchev–Trinajstić information content (AvgIpc) is 2.90. The van der Waals surface area contributed by atoms with Gasteiger partial charge in [-0.15, -0.1) is 0 Å². The molecule has 0 bridgehead atoms. The van der Waals surface area contributed by atoms with Crippen molar-refractivity contribution >= 4 is 63.1 Å². The summed E-state index contributed by atoms with van der Waals surface area (Å²) in [7, 11) is 0. The van der Waals surface area contributed by atoms with Crippen LogP contribution in [0.2, 0.25) is 10.0 Å². The Morgan fingerprint density at radius 2 is 1.53 bits per heavy atom. The van der Waals surface area contributed by atoms with E-state index in [0.29, 0.717) is 22.1 Å². The van der Waals surface area contributed by atoms with Crippen LogP contribution in [0.15, 0.2) is 84.9 Å². The van der Waals surface area contributed by atoms with Gasteiger partial charge < -0.3 is 20.1 Å². The van der Waals surface area contributed by atoms with E-state index in [2.05, 4.69) is 10.6 Å². The van der Waals surface area contributed by atoms with Crippen LogP contribution >= 0.6 is 23.2 Å². The third-order valence-corrected chi connectivity index (χ3v) is 6.02. The molecule has 9 heteroatoms. The lowest BCUT2D eigenvalue weighted by Crippen LogP contribution is -2.21. The van der Waals surface area contributed by atoms with Crippen molar-refractivity contribution in [2.45, 2.75) is 19.3 Å². The number of amides is 2. The summed E-state index contributed by atoms with van der Waals surface area (Å²) in [4.78, 5) is 36.2. The van der Waals surface area contributed by atoms with E-state index < -0.39 is 18.5 Å². The number of hydrogen-bond donors (Lipinski definition) is 2. The Hall–Kier alpha value is -4.07. The van der Waals surface area contributed by atoms with E-state index >= 15 is 0 Å². The number of rotatable bonds is 10. The van der Waals surface area contributed by atoms with Crippen molar-refractivity contribution in [3.05, 3.63) is 95.0 Å². The number of carbonyl (C=O) groups excluding carboxylic acids is 3. The maximum Gasteiger partial charge on any atom is 0.306 e. The minimum absolute atomic E-state index is 0.000209. The van der Waals surface area contributed by atoms with Crippen LogP contribution in [0.25, 0.3) is 10.8 Å². The van der Waals surface area contributed by atoms with Crippen molar-refractivity contribution in [2.75, 3.05) is 17.2 Å². The average molecular weight is 551 g/mol. The van der Waals surface area contributed by atoms with Crippen LogP contribution in [0.4, 0.5) is 11.4 Å². The van der Waals surface area contributed by atoms with Crippen molar-refractivity contribution in [1.29, 1.82) is 0 Å². The summed E-state index contributed by atoms with van der Waals surface area (Å²) < 4.78 is 11.0. The van der Waals surface area contributed by atoms with Gasteiger partial charge in [-0.2, -0.15) is 0 Å². The standard InChI is InChI=1S/C29H24Cl2N2O5/c30-20-11-16-25(24(31)17-20)33-28(35)18-37-29(36)10-4-9-27(34)32-21-12-14-22(15-13-21)38-26-8-3-6-19-5-1-2-7-23(19)26/h1-3,5-8,11-17H,4,9-10,18H2,(H,32,34)(H,33,35). The first-order chi connectivity index (χ1) is 18.4. The Morgan fingerprint density at radius 3 is 2.32 bits per heavy atom. The Balaban J connectivity index is 1.16. The Labute approximate surface area is 229 Å². The molecule has 0 heterocycles. The number of halogens is 2. The normalized spacial score (nSPS) is 10.6. The van der Waals surface area contributed by atoms with Crippen molar-refractivity contribution in [3.8, 4) is 11.5 Å². The molecule has 0 saturated carbocycles. The van der Waals surface area contributed by atoms with E-state index in [1.54, 1.807) is 36.4 Å². The van der Waals surface area contributed by atoms with E-state index in [9.17, 15) is 14.4 Å². The quantitative estimate of drug-likeness (QED) is 0.203. The summed E-state index contributed by atoms with van der Waals surface area (Å²) in [5, 5.41) is 8.14. The molecule has 194 valence electrons. The van der Waals surface area contributed by atoms with Gasteiger partial charge in [0.25, 0.3) is 5.91 Å². The van der Waals surface area contributed by atoms with E-state index in [1.165, 1.54) is 6.07 Å². The van der Waals surface area contributed by atoms with Crippen LogP contribution in [0.1, 0.15) is 19.3 Å². The molecule has 0 aliphatic rings. The second-order valence-electron chi connectivity index (χ2n) is 8.34. The van der Waals surface area contributed by atoms with E-state index in [-0.39, 0.29) is 30.2 Å². The molecule has 0 fully saturated rings. The second-order valence-corrected chi connectivity index (χ2v) is 9.18. The molecular weight excluding hydrogens is 527 g/mol. The highest BCUT2D eigenvalue weighted by molar-refractivity contribution is 6.36. The Kier molecular flexibility index (Phi) is 9.19. The van der Waals surface area contributed by atoms with Crippen LogP contribution in [-0.4, -0.2) is 24.4 Å². The molecule has 4 rings (SSSR count). The molecular formula is C29H24Cl2N2O5. The Bertz CT molecular complexity index is 1450. The molecule has 0 aliphatic heterocycles. The summed E-state index contributed by atoms with van der Waals surface area (Å²) in [6.07, 6.45) is 0.397. The summed E-state index contributed by atoms with van der Waals surface area (Å²) in [6.45, 7) is -0.461. The van der Waals surface area contributed by atoms with Gasteiger partial charge in [-0.05, 0) is 60.3 Å². The number of esters is 1. The molecule has 0 unspecified atom stereocenters. The lowest BCUT2D eigenvalue weighted by atomic mass is 10.1. The lowest BCUT2D eigenvalue weighted by molar-refractivity contribution is -0.147. The maximum atomic E-state index is 12.3. The second kappa shape index (κ2) is 12.9. The van der Waals surface area contributed by atoms with Gasteiger partial charge in [0.15, 0.2) is 6.61 Å². The smallest absolute Gasteiger partial charge is 0.306 e. The third-order valence-electron chi connectivity index (χ3n) is 5.47. The monoisotopic (exact) mass is 550 g/mol.